The smallest absolute Gasteiger partial charge is 0.332 e. The van der Waals surface area contributed by atoms with Crippen LogP contribution in [-0.2, 0) is 14.3 Å². The molecule has 0 aliphatic heterocycles. The number of hydrogen-bond acceptors (Lipinski definition) is 5. The lowest BCUT2D eigenvalue weighted by Crippen LogP contribution is -2.26. The molecule has 0 spiro atoms. The monoisotopic (exact) mass is 235 g/mol. The maximum absolute atomic E-state index is 10.9. The second kappa shape index (κ2) is 10.3. The van der Waals surface area contributed by atoms with E-state index in [9.17, 15) is 4.79 Å². The Kier molecular flexibility index (Phi) is 10.1. The summed E-state index contributed by atoms with van der Waals surface area (Å²) in [6, 6.07) is 0. The number of carbonyl (C=O) groups is 1. The second-order valence-corrected chi connectivity index (χ2v) is 4.14. The van der Waals surface area contributed by atoms with Crippen LogP contribution in [0.15, 0.2) is 0 Å². The molecule has 0 bridgehead atoms. The predicted molar refractivity (Wildman–Crippen MR) is 63.3 cm³/mol. The van der Waals surface area contributed by atoms with E-state index in [0.717, 1.165) is 18.8 Å². The summed E-state index contributed by atoms with van der Waals surface area (Å²) < 4.78 is 9.91. The van der Waals surface area contributed by atoms with Gasteiger partial charge in [-0.1, -0.05) is 0 Å². The Morgan fingerprint density at radius 2 is 2.13 bits per heavy atom. The number of esters is 1. The summed E-state index contributed by atoms with van der Waals surface area (Å²) in [6.45, 7) is 4.72. The zero-order valence-electron chi connectivity index (χ0n) is 9.82. The van der Waals surface area contributed by atoms with E-state index >= 15 is 0 Å². The van der Waals surface area contributed by atoms with Crippen LogP contribution < -0.4 is 0 Å². The highest BCUT2D eigenvalue weighted by molar-refractivity contribution is 7.98. The molecule has 4 nitrogen and oxygen atoms in total. The lowest BCUT2D eigenvalue weighted by atomic mass is 10.5. The Bertz CT molecular complexity index is 167. The molecule has 0 fully saturated rings. The maximum Gasteiger partial charge on any atom is 0.332 e. The molecule has 0 amide bonds. The number of rotatable bonds is 9. The SMILES string of the molecule is CCOC(=O)COCCN(C)CCSC. The molecule has 0 unspecified atom stereocenters. The van der Waals surface area contributed by atoms with E-state index in [0.29, 0.717) is 13.2 Å². The van der Waals surface area contributed by atoms with Crippen LogP contribution in [0.25, 0.3) is 0 Å². The van der Waals surface area contributed by atoms with Gasteiger partial charge >= 0.3 is 5.97 Å². The van der Waals surface area contributed by atoms with Crippen molar-refractivity contribution in [1.82, 2.24) is 4.90 Å². The van der Waals surface area contributed by atoms with Crippen molar-refractivity contribution in [2.24, 2.45) is 0 Å². The third-order valence-electron chi connectivity index (χ3n) is 1.82. The van der Waals surface area contributed by atoms with Crippen molar-refractivity contribution in [2.75, 3.05) is 52.0 Å². The molecular formula is C10H21NO3S. The molecular weight excluding hydrogens is 214 g/mol. The van der Waals surface area contributed by atoms with Gasteiger partial charge < -0.3 is 14.4 Å². The molecule has 0 aromatic rings. The van der Waals surface area contributed by atoms with Crippen molar-refractivity contribution in [3.8, 4) is 0 Å². The molecule has 0 atom stereocenters. The van der Waals surface area contributed by atoms with Gasteiger partial charge in [0.2, 0.25) is 0 Å². The first-order chi connectivity index (χ1) is 7.20. The minimum Gasteiger partial charge on any atom is -0.464 e. The fourth-order valence-electron chi connectivity index (χ4n) is 0.937. The number of carbonyl (C=O) groups excluding carboxylic acids is 1. The van der Waals surface area contributed by atoms with Crippen molar-refractivity contribution < 1.29 is 14.3 Å². The van der Waals surface area contributed by atoms with Crippen molar-refractivity contribution >= 4 is 17.7 Å². The van der Waals surface area contributed by atoms with E-state index < -0.39 is 0 Å². The minimum atomic E-state index is -0.288. The van der Waals surface area contributed by atoms with Crippen LogP contribution in [0.4, 0.5) is 0 Å². The van der Waals surface area contributed by atoms with Gasteiger partial charge in [-0.25, -0.2) is 4.79 Å². The highest BCUT2D eigenvalue weighted by Gasteiger charge is 2.02. The number of likely N-dealkylation sites (N-methyl/N-ethyl adjacent to an activating group) is 1. The quantitative estimate of drug-likeness (QED) is 0.438. The Morgan fingerprint density at radius 3 is 2.73 bits per heavy atom. The molecule has 90 valence electrons. The standard InChI is InChI=1S/C10H21NO3S/c1-4-14-10(12)9-13-7-5-11(2)6-8-15-3/h4-9H2,1-3H3. The van der Waals surface area contributed by atoms with Gasteiger partial charge in [0, 0.05) is 18.8 Å². The van der Waals surface area contributed by atoms with Crippen molar-refractivity contribution in [3.05, 3.63) is 0 Å². The molecule has 0 saturated heterocycles. The first kappa shape index (κ1) is 14.7. The summed E-state index contributed by atoms with van der Waals surface area (Å²) in [5.41, 5.74) is 0. The van der Waals surface area contributed by atoms with E-state index in [1.165, 1.54) is 0 Å². The van der Waals surface area contributed by atoms with E-state index in [4.69, 9.17) is 9.47 Å². The highest BCUT2D eigenvalue weighted by Crippen LogP contribution is 1.93. The van der Waals surface area contributed by atoms with E-state index in [2.05, 4.69) is 11.2 Å². The van der Waals surface area contributed by atoms with Gasteiger partial charge in [0.05, 0.1) is 13.2 Å². The van der Waals surface area contributed by atoms with Gasteiger partial charge in [-0.2, -0.15) is 11.8 Å². The van der Waals surface area contributed by atoms with Gasteiger partial charge in [-0.3, -0.25) is 0 Å². The van der Waals surface area contributed by atoms with Gasteiger partial charge in [-0.15, -0.1) is 0 Å². The Hall–Kier alpha value is -0.260. The molecule has 0 aliphatic rings. The van der Waals surface area contributed by atoms with Crippen molar-refractivity contribution in [3.63, 3.8) is 0 Å². The fourth-order valence-corrected chi connectivity index (χ4v) is 1.43. The van der Waals surface area contributed by atoms with Crippen LogP contribution in [0.5, 0.6) is 0 Å². The molecule has 15 heavy (non-hydrogen) atoms. The van der Waals surface area contributed by atoms with Crippen LogP contribution in [0.2, 0.25) is 0 Å². The van der Waals surface area contributed by atoms with E-state index in [-0.39, 0.29) is 12.6 Å². The highest BCUT2D eigenvalue weighted by atomic mass is 32.2. The number of thioether (sulfide) groups is 1. The molecule has 0 aromatic carbocycles. The molecule has 0 aromatic heterocycles. The van der Waals surface area contributed by atoms with Gasteiger partial charge in [0.25, 0.3) is 0 Å². The van der Waals surface area contributed by atoms with Crippen LogP contribution in [0.3, 0.4) is 0 Å². The summed E-state index contributed by atoms with van der Waals surface area (Å²) >= 11 is 1.82. The largest absolute Gasteiger partial charge is 0.464 e. The lowest BCUT2D eigenvalue weighted by molar-refractivity contribution is -0.148. The first-order valence-electron chi connectivity index (χ1n) is 5.11. The third kappa shape index (κ3) is 10.0. The topological polar surface area (TPSA) is 38.8 Å². The van der Waals surface area contributed by atoms with Crippen LogP contribution in [0.1, 0.15) is 6.92 Å². The average molecular weight is 235 g/mol. The normalized spacial score (nSPS) is 10.7. The van der Waals surface area contributed by atoms with Crippen molar-refractivity contribution in [1.29, 1.82) is 0 Å². The molecule has 5 heteroatoms. The third-order valence-corrected chi connectivity index (χ3v) is 2.41. The van der Waals surface area contributed by atoms with E-state index in [1.54, 1.807) is 6.92 Å². The van der Waals surface area contributed by atoms with Gasteiger partial charge in [-0.05, 0) is 20.2 Å². The van der Waals surface area contributed by atoms with Crippen LogP contribution in [-0.4, -0.2) is 62.8 Å². The molecule has 0 rings (SSSR count). The summed E-state index contributed by atoms with van der Waals surface area (Å²) in [5, 5.41) is 0. The molecule has 0 heterocycles. The van der Waals surface area contributed by atoms with Crippen molar-refractivity contribution in [2.45, 2.75) is 6.92 Å². The second-order valence-electron chi connectivity index (χ2n) is 3.15. The summed E-state index contributed by atoms with van der Waals surface area (Å²) in [7, 11) is 2.05. The molecule has 0 N–H and O–H groups in total. The Morgan fingerprint density at radius 1 is 1.40 bits per heavy atom. The zero-order valence-corrected chi connectivity index (χ0v) is 10.6. The first-order valence-corrected chi connectivity index (χ1v) is 6.51. The van der Waals surface area contributed by atoms with Gasteiger partial charge in [0.1, 0.15) is 6.61 Å². The number of hydrogen-bond donors (Lipinski definition) is 0. The fraction of sp³-hybridized carbons (Fsp3) is 0.900. The Balaban J connectivity index is 3.26. The average Bonchev–Trinajstić information content (AvgIpc) is 2.22. The Labute approximate surface area is 96.3 Å². The predicted octanol–water partition coefficient (Wildman–Crippen LogP) is 0.861. The van der Waals surface area contributed by atoms with Crippen LogP contribution >= 0.6 is 11.8 Å². The molecule has 0 radical (unpaired) electrons. The van der Waals surface area contributed by atoms with Crippen LogP contribution in [0, 0.1) is 0 Å². The zero-order chi connectivity index (χ0) is 11.5. The summed E-state index contributed by atoms with van der Waals surface area (Å²) in [5.74, 6) is 0.832. The minimum absolute atomic E-state index is 0.0597. The van der Waals surface area contributed by atoms with Gasteiger partial charge in [0.15, 0.2) is 0 Å². The molecule has 0 aliphatic carbocycles. The maximum atomic E-state index is 10.9. The lowest BCUT2D eigenvalue weighted by Gasteiger charge is -2.15. The number of nitrogens with zero attached hydrogens (tertiary/aromatic N) is 1. The number of ether oxygens (including phenoxy) is 2. The van der Waals surface area contributed by atoms with E-state index in [1.807, 2.05) is 18.8 Å². The summed E-state index contributed by atoms with van der Waals surface area (Å²) in [4.78, 5) is 13.1. The summed E-state index contributed by atoms with van der Waals surface area (Å²) in [6.07, 6.45) is 2.09. The molecule has 0 saturated carbocycles.